The summed E-state index contributed by atoms with van der Waals surface area (Å²) in [5.74, 6) is -2.12. The third kappa shape index (κ3) is 6.93. The quantitative estimate of drug-likeness (QED) is 0.246. The predicted octanol–water partition coefficient (Wildman–Crippen LogP) is 3.71. The Bertz CT molecular complexity index is 947. The van der Waals surface area contributed by atoms with Crippen molar-refractivity contribution in [3.63, 3.8) is 0 Å². The highest BCUT2D eigenvalue weighted by Crippen LogP contribution is 2.19. The zero-order valence-electron chi connectivity index (χ0n) is 15.2. The molecule has 0 saturated carbocycles. The van der Waals surface area contributed by atoms with Crippen molar-refractivity contribution in [1.29, 1.82) is 0 Å². The van der Waals surface area contributed by atoms with Gasteiger partial charge in [-0.15, -0.1) is 0 Å². The molecule has 0 unspecified atom stereocenters. The van der Waals surface area contributed by atoms with Gasteiger partial charge in [0.25, 0.3) is 0 Å². The molecule has 0 spiro atoms. The first-order valence-corrected chi connectivity index (χ1v) is 9.66. The maximum Gasteiger partial charge on any atom is 0.329 e. The van der Waals surface area contributed by atoms with E-state index in [-0.39, 0.29) is 12.3 Å². The number of aryl methyl sites for hydroxylation is 1. The molecule has 3 amide bonds. The van der Waals surface area contributed by atoms with Crippen LogP contribution in [0.15, 0.2) is 47.6 Å². The second-order valence-electron chi connectivity index (χ2n) is 5.94. The summed E-state index contributed by atoms with van der Waals surface area (Å²) in [6.45, 7) is 3.40. The van der Waals surface area contributed by atoms with Gasteiger partial charge < -0.3 is 10.6 Å². The fourth-order valence-electron chi connectivity index (χ4n) is 2.10. The molecule has 2 aromatic carbocycles. The number of hydrogen-bond acceptors (Lipinski definition) is 4. The van der Waals surface area contributed by atoms with Crippen LogP contribution in [0.3, 0.4) is 0 Å². The van der Waals surface area contributed by atoms with Crippen molar-refractivity contribution >= 4 is 69.0 Å². The number of carbonyl (C=O) groups is 3. The van der Waals surface area contributed by atoms with Crippen molar-refractivity contribution in [2.45, 2.75) is 20.3 Å². The highest BCUT2D eigenvalue weighted by molar-refractivity contribution is 14.1. The van der Waals surface area contributed by atoms with Crippen LogP contribution in [-0.2, 0) is 14.4 Å². The number of carbonyl (C=O) groups excluding carboxylic acids is 3. The average Bonchev–Trinajstić information content (AvgIpc) is 2.62. The fourth-order valence-corrected chi connectivity index (χ4v) is 2.82. The molecule has 0 bridgehead atoms. The molecule has 7 nitrogen and oxygen atoms in total. The maximum absolute atomic E-state index is 12.0. The molecule has 0 aliphatic heterocycles. The zero-order chi connectivity index (χ0) is 20.7. The highest BCUT2D eigenvalue weighted by atomic mass is 127. The van der Waals surface area contributed by atoms with E-state index in [4.69, 9.17) is 11.6 Å². The van der Waals surface area contributed by atoms with Gasteiger partial charge in [-0.05, 0) is 72.3 Å². The van der Waals surface area contributed by atoms with Crippen molar-refractivity contribution in [3.8, 4) is 0 Å². The number of rotatable bonds is 5. The highest BCUT2D eigenvalue weighted by Gasteiger charge is 2.14. The monoisotopic (exact) mass is 512 g/mol. The first-order chi connectivity index (χ1) is 13.2. The average molecular weight is 513 g/mol. The summed E-state index contributed by atoms with van der Waals surface area (Å²) in [5.41, 5.74) is 4.40. The van der Waals surface area contributed by atoms with Crippen molar-refractivity contribution in [3.05, 3.63) is 56.6 Å². The van der Waals surface area contributed by atoms with E-state index in [1.165, 1.54) is 0 Å². The van der Waals surface area contributed by atoms with E-state index in [0.29, 0.717) is 22.1 Å². The molecule has 0 fully saturated rings. The summed E-state index contributed by atoms with van der Waals surface area (Å²) in [5, 5.41) is 9.43. The Kier molecular flexibility index (Phi) is 7.94. The number of halogens is 2. The Morgan fingerprint density at radius 1 is 1.04 bits per heavy atom. The van der Waals surface area contributed by atoms with Crippen molar-refractivity contribution in [1.82, 2.24) is 5.43 Å². The van der Waals surface area contributed by atoms with Crippen LogP contribution >= 0.6 is 34.2 Å². The van der Waals surface area contributed by atoms with E-state index in [9.17, 15) is 14.4 Å². The SMILES string of the molecule is CC(CC(=O)Nc1cccc(I)c1)=NNC(=O)C(=O)Nc1ccc(C)c(Cl)c1. The Balaban J connectivity index is 1.85. The van der Waals surface area contributed by atoms with Gasteiger partial charge in [-0.3, -0.25) is 14.4 Å². The molecule has 3 N–H and O–H groups in total. The number of anilines is 2. The van der Waals surface area contributed by atoms with E-state index in [1.807, 2.05) is 25.1 Å². The minimum Gasteiger partial charge on any atom is -0.326 e. The van der Waals surface area contributed by atoms with E-state index in [2.05, 4.69) is 43.8 Å². The molecular formula is C19H18ClIN4O3. The molecule has 0 heterocycles. The number of amides is 3. The lowest BCUT2D eigenvalue weighted by atomic mass is 10.2. The topological polar surface area (TPSA) is 99.7 Å². The van der Waals surface area contributed by atoms with E-state index in [0.717, 1.165) is 9.13 Å². The third-order valence-electron chi connectivity index (χ3n) is 3.51. The minimum atomic E-state index is -0.950. The minimum absolute atomic E-state index is 0.0268. The van der Waals surface area contributed by atoms with Gasteiger partial charge >= 0.3 is 11.8 Å². The van der Waals surface area contributed by atoms with Crippen LogP contribution in [0, 0.1) is 10.5 Å². The molecule has 0 radical (unpaired) electrons. The van der Waals surface area contributed by atoms with Gasteiger partial charge in [0.1, 0.15) is 0 Å². The number of nitrogens with one attached hydrogen (secondary N) is 3. The molecule has 0 aliphatic rings. The Morgan fingerprint density at radius 2 is 1.75 bits per heavy atom. The van der Waals surface area contributed by atoms with Crippen LogP contribution in [0.2, 0.25) is 5.02 Å². The van der Waals surface area contributed by atoms with Crippen molar-refractivity contribution in [2.75, 3.05) is 10.6 Å². The summed E-state index contributed by atoms with van der Waals surface area (Å²) in [6, 6.07) is 12.3. The number of nitrogens with zero attached hydrogens (tertiary/aromatic N) is 1. The fraction of sp³-hybridized carbons (Fsp3) is 0.158. The molecule has 28 heavy (non-hydrogen) atoms. The first kappa shape index (κ1) is 21.8. The Morgan fingerprint density at radius 3 is 2.43 bits per heavy atom. The summed E-state index contributed by atoms with van der Waals surface area (Å²) < 4.78 is 0.994. The van der Waals surface area contributed by atoms with Crippen LogP contribution < -0.4 is 16.1 Å². The molecule has 2 aromatic rings. The van der Waals surface area contributed by atoms with Crippen LogP contribution in [-0.4, -0.2) is 23.4 Å². The lowest BCUT2D eigenvalue weighted by Crippen LogP contribution is -2.33. The normalized spacial score (nSPS) is 10.9. The Hall–Kier alpha value is -2.46. The predicted molar refractivity (Wildman–Crippen MR) is 118 cm³/mol. The molecule has 9 heteroatoms. The van der Waals surface area contributed by atoms with Crippen molar-refractivity contribution < 1.29 is 14.4 Å². The summed E-state index contributed by atoms with van der Waals surface area (Å²) in [6.07, 6.45) is -0.0268. The zero-order valence-corrected chi connectivity index (χ0v) is 18.1. The maximum atomic E-state index is 12.0. The van der Waals surface area contributed by atoms with Gasteiger partial charge in [-0.2, -0.15) is 5.10 Å². The van der Waals surface area contributed by atoms with E-state index in [1.54, 1.807) is 31.2 Å². The number of hydrogen-bond donors (Lipinski definition) is 3. The van der Waals surface area contributed by atoms with Crippen LogP contribution in [0.4, 0.5) is 11.4 Å². The number of hydrazone groups is 1. The Labute approximate surface area is 181 Å². The molecule has 0 aromatic heterocycles. The molecule has 0 atom stereocenters. The second-order valence-corrected chi connectivity index (χ2v) is 7.59. The van der Waals surface area contributed by atoms with Gasteiger partial charge in [0.05, 0.1) is 6.42 Å². The lowest BCUT2D eigenvalue weighted by molar-refractivity contribution is -0.136. The molecule has 0 saturated heterocycles. The second kappa shape index (κ2) is 10.2. The summed E-state index contributed by atoms with van der Waals surface area (Å²) >= 11 is 8.13. The lowest BCUT2D eigenvalue weighted by Gasteiger charge is -2.07. The summed E-state index contributed by atoms with van der Waals surface area (Å²) in [4.78, 5) is 35.8. The van der Waals surface area contributed by atoms with Gasteiger partial charge in [-0.1, -0.05) is 23.7 Å². The van der Waals surface area contributed by atoms with Crippen LogP contribution in [0.1, 0.15) is 18.9 Å². The first-order valence-electron chi connectivity index (χ1n) is 8.20. The van der Waals surface area contributed by atoms with Gasteiger partial charge in [0, 0.05) is 25.7 Å². The molecule has 2 rings (SSSR count). The van der Waals surface area contributed by atoms with Gasteiger partial charge in [0.2, 0.25) is 5.91 Å². The summed E-state index contributed by atoms with van der Waals surface area (Å²) in [7, 11) is 0. The smallest absolute Gasteiger partial charge is 0.326 e. The third-order valence-corrected chi connectivity index (χ3v) is 4.59. The molecular weight excluding hydrogens is 495 g/mol. The molecule has 146 valence electrons. The standard InChI is InChI=1S/C19H18ClIN4O3/c1-11-6-7-15(10-16(11)20)23-18(27)19(28)25-24-12(2)8-17(26)22-14-5-3-4-13(21)9-14/h3-7,9-10H,8H2,1-2H3,(H,22,26)(H,23,27)(H,25,28). The van der Waals surface area contributed by atoms with E-state index >= 15 is 0 Å². The van der Waals surface area contributed by atoms with E-state index < -0.39 is 11.8 Å². The molecule has 0 aliphatic carbocycles. The largest absolute Gasteiger partial charge is 0.329 e. The van der Waals surface area contributed by atoms with Crippen LogP contribution in [0.5, 0.6) is 0 Å². The van der Waals surface area contributed by atoms with Gasteiger partial charge in [0.15, 0.2) is 0 Å². The number of benzene rings is 2. The van der Waals surface area contributed by atoms with Crippen LogP contribution in [0.25, 0.3) is 0 Å². The van der Waals surface area contributed by atoms with Crippen molar-refractivity contribution in [2.24, 2.45) is 5.10 Å². The van der Waals surface area contributed by atoms with Gasteiger partial charge in [-0.25, -0.2) is 5.43 Å².